The maximum Gasteiger partial charge on any atom is 0.283 e. The minimum absolute atomic E-state index is 0.00490. The molecule has 0 aliphatic carbocycles. The van der Waals surface area contributed by atoms with Gasteiger partial charge in [-0.25, -0.2) is 13.3 Å². The fourth-order valence-electron chi connectivity index (χ4n) is 2.89. The number of carbonyl (C=O) groups excluding carboxylic acids is 2. The van der Waals surface area contributed by atoms with Crippen LogP contribution in [0.4, 0.5) is 17.2 Å². The number of aromatic nitrogens is 2. The summed E-state index contributed by atoms with van der Waals surface area (Å²) in [4.78, 5) is 26.2. The molecule has 1 aliphatic heterocycles. The molecule has 2 N–H and O–H groups in total. The zero-order valence-electron chi connectivity index (χ0n) is 16.3. The van der Waals surface area contributed by atoms with E-state index in [0.717, 1.165) is 4.90 Å². The normalized spacial score (nSPS) is 14.1. The fourth-order valence-corrected chi connectivity index (χ4v) is 4.38. The number of hydrogen-bond acceptors (Lipinski definition) is 7. The molecule has 0 bridgehead atoms. The van der Waals surface area contributed by atoms with Gasteiger partial charge in [-0.2, -0.15) is 0 Å². The topological polar surface area (TPSA) is 121 Å². The van der Waals surface area contributed by atoms with Gasteiger partial charge in [0.2, 0.25) is 0 Å². The molecule has 33 heavy (non-hydrogen) atoms. The van der Waals surface area contributed by atoms with Crippen molar-refractivity contribution in [2.24, 2.45) is 0 Å². The molecule has 0 radical (unpaired) electrons. The Balaban J connectivity index is 1.52. The van der Waals surface area contributed by atoms with Gasteiger partial charge in [-0.3, -0.25) is 14.3 Å². The van der Waals surface area contributed by atoms with Crippen LogP contribution in [0.3, 0.4) is 0 Å². The lowest BCUT2D eigenvalue weighted by molar-refractivity contribution is -0.120. The summed E-state index contributed by atoms with van der Waals surface area (Å²) >= 11 is 17.7. The maximum absolute atomic E-state index is 12.8. The van der Waals surface area contributed by atoms with Crippen molar-refractivity contribution in [1.82, 2.24) is 10.2 Å². The molecule has 0 atom stereocenters. The Morgan fingerprint density at radius 1 is 0.848 bits per heavy atom. The van der Waals surface area contributed by atoms with Crippen LogP contribution in [0.2, 0.25) is 10.2 Å². The van der Waals surface area contributed by atoms with E-state index in [2.05, 4.69) is 20.2 Å². The number of sulfonamides is 1. The van der Waals surface area contributed by atoms with E-state index in [9.17, 15) is 18.0 Å². The van der Waals surface area contributed by atoms with Gasteiger partial charge >= 0.3 is 0 Å². The smallest absolute Gasteiger partial charge is 0.283 e. The van der Waals surface area contributed by atoms with Gasteiger partial charge in [0.25, 0.3) is 21.8 Å². The summed E-state index contributed by atoms with van der Waals surface area (Å²) in [5, 5.41) is 10.2. The van der Waals surface area contributed by atoms with Crippen molar-refractivity contribution >= 4 is 73.8 Å². The number of rotatable bonds is 6. The van der Waals surface area contributed by atoms with Gasteiger partial charge in [-0.05, 0) is 54.6 Å². The summed E-state index contributed by atoms with van der Waals surface area (Å²) in [6, 6.07) is 14.4. The van der Waals surface area contributed by atoms with Crippen molar-refractivity contribution in [2.45, 2.75) is 4.90 Å². The Morgan fingerprint density at radius 2 is 1.58 bits per heavy atom. The lowest BCUT2D eigenvalue weighted by atomic mass is 10.3. The van der Waals surface area contributed by atoms with Crippen LogP contribution in [0.25, 0.3) is 0 Å². The van der Waals surface area contributed by atoms with E-state index in [1.54, 1.807) is 18.2 Å². The Kier molecular flexibility index (Phi) is 6.26. The molecule has 2 aromatic carbocycles. The monoisotopic (exact) mass is 523 g/mol. The molecular weight excluding hydrogens is 513 g/mol. The van der Waals surface area contributed by atoms with E-state index in [4.69, 9.17) is 34.8 Å². The minimum atomic E-state index is -3.95. The highest BCUT2D eigenvalue weighted by Crippen LogP contribution is 2.31. The molecule has 1 aromatic heterocycles. The average Bonchev–Trinajstić information content (AvgIpc) is 2.99. The van der Waals surface area contributed by atoms with Crippen LogP contribution in [-0.4, -0.2) is 30.4 Å². The molecule has 9 nitrogen and oxygen atoms in total. The summed E-state index contributed by atoms with van der Waals surface area (Å²) in [7, 11) is -3.95. The van der Waals surface area contributed by atoms with Gasteiger partial charge in [0.1, 0.15) is 10.7 Å². The molecular formula is C20H12Cl3N5O4S. The van der Waals surface area contributed by atoms with Gasteiger partial charge < -0.3 is 5.32 Å². The summed E-state index contributed by atoms with van der Waals surface area (Å²) in [5.41, 5.74) is 0.458. The Morgan fingerprint density at radius 3 is 2.21 bits per heavy atom. The number of nitrogens with zero attached hydrogens (tertiary/aromatic N) is 3. The summed E-state index contributed by atoms with van der Waals surface area (Å²) in [5.74, 6) is -1.39. The van der Waals surface area contributed by atoms with Crippen LogP contribution < -0.4 is 14.9 Å². The van der Waals surface area contributed by atoms with E-state index in [0.29, 0.717) is 10.7 Å². The van der Waals surface area contributed by atoms with Crippen molar-refractivity contribution in [1.29, 1.82) is 0 Å². The molecule has 3 aromatic rings. The van der Waals surface area contributed by atoms with Gasteiger partial charge in [-0.1, -0.05) is 40.9 Å². The van der Waals surface area contributed by atoms with Crippen LogP contribution in [0, 0.1) is 0 Å². The Labute approximate surface area is 203 Å². The Bertz CT molecular complexity index is 1390. The second-order valence-electron chi connectivity index (χ2n) is 6.61. The van der Waals surface area contributed by atoms with E-state index < -0.39 is 21.8 Å². The van der Waals surface area contributed by atoms with Gasteiger partial charge in [-0.15, -0.1) is 10.2 Å². The predicted octanol–water partition coefficient (Wildman–Crippen LogP) is 4.02. The number of hydrogen-bond donors (Lipinski definition) is 2. The first kappa shape index (κ1) is 23.0. The number of halogens is 3. The zero-order chi connectivity index (χ0) is 23.8. The first-order valence-corrected chi connectivity index (χ1v) is 11.7. The molecule has 0 saturated heterocycles. The highest BCUT2D eigenvalue weighted by atomic mass is 35.5. The molecule has 0 spiro atoms. The molecule has 2 heterocycles. The molecule has 0 fully saturated rings. The molecule has 1 aliphatic rings. The lowest BCUT2D eigenvalue weighted by Crippen LogP contribution is -2.32. The standard InChI is InChI=1S/C20H12Cl3N5O4S/c21-11-2-1-3-13(10-11)28-19(29)17(23)18(20(28)30)24-12-4-6-14(7-5-12)33(31,32)27-16-9-8-15(22)25-26-16/h1-10,24H,(H,26,27). The molecule has 2 amide bonds. The fraction of sp³-hybridized carbons (Fsp3) is 0. The van der Waals surface area contributed by atoms with Gasteiger partial charge in [0.15, 0.2) is 11.0 Å². The van der Waals surface area contributed by atoms with Crippen molar-refractivity contribution < 1.29 is 18.0 Å². The summed E-state index contributed by atoms with van der Waals surface area (Å²) in [6.07, 6.45) is 0. The van der Waals surface area contributed by atoms with Gasteiger partial charge in [0.05, 0.1) is 10.6 Å². The van der Waals surface area contributed by atoms with Crippen molar-refractivity contribution in [3.8, 4) is 0 Å². The van der Waals surface area contributed by atoms with Crippen LogP contribution in [0.5, 0.6) is 0 Å². The molecule has 13 heteroatoms. The lowest BCUT2D eigenvalue weighted by Gasteiger charge is -2.15. The summed E-state index contributed by atoms with van der Waals surface area (Å²) < 4.78 is 27.4. The van der Waals surface area contributed by atoms with E-state index >= 15 is 0 Å². The third-order valence-electron chi connectivity index (χ3n) is 4.40. The second-order valence-corrected chi connectivity index (χ2v) is 9.49. The number of carbonyl (C=O) groups is 2. The van der Waals surface area contributed by atoms with Crippen molar-refractivity contribution in [3.05, 3.63) is 81.6 Å². The highest BCUT2D eigenvalue weighted by Gasteiger charge is 2.39. The minimum Gasteiger partial charge on any atom is -0.350 e. The third kappa shape index (κ3) is 4.79. The van der Waals surface area contributed by atoms with Crippen LogP contribution in [0.1, 0.15) is 0 Å². The SMILES string of the molecule is O=C1C(Cl)=C(Nc2ccc(S(=O)(=O)Nc3ccc(Cl)nn3)cc2)C(=O)N1c1cccc(Cl)c1. The maximum atomic E-state index is 12.8. The number of nitrogens with one attached hydrogen (secondary N) is 2. The van der Waals surface area contributed by atoms with Crippen LogP contribution >= 0.6 is 34.8 Å². The Hall–Kier alpha value is -3.18. The average molecular weight is 525 g/mol. The van der Waals surface area contributed by atoms with E-state index in [-0.39, 0.29) is 32.3 Å². The highest BCUT2D eigenvalue weighted by molar-refractivity contribution is 7.92. The van der Waals surface area contributed by atoms with Crippen molar-refractivity contribution in [2.75, 3.05) is 14.9 Å². The zero-order valence-corrected chi connectivity index (χ0v) is 19.4. The van der Waals surface area contributed by atoms with Crippen molar-refractivity contribution in [3.63, 3.8) is 0 Å². The first-order valence-electron chi connectivity index (χ1n) is 9.09. The van der Waals surface area contributed by atoms with Crippen LogP contribution in [0.15, 0.2) is 76.3 Å². The van der Waals surface area contributed by atoms with Crippen LogP contribution in [-0.2, 0) is 19.6 Å². The number of amides is 2. The number of anilines is 3. The summed E-state index contributed by atoms with van der Waals surface area (Å²) in [6.45, 7) is 0. The third-order valence-corrected chi connectivity index (χ3v) is 6.56. The molecule has 4 rings (SSSR count). The second kappa shape index (κ2) is 8.99. The number of benzene rings is 2. The van der Waals surface area contributed by atoms with E-state index in [1.165, 1.54) is 42.5 Å². The largest absolute Gasteiger partial charge is 0.350 e. The predicted molar refractivity (Wildman–Crippen MR) is 125 cm³/mol. The molecule has 168 valence electrons. The van der Waals surface area contributed by atoms with E-state index in [1.807, 2.05) is 0 Å². The molecule has 0 unspecified atom stereocenters. The first-order chi connectivity index (χ1) is 15.7. The number of imide groups is 1. The molecule has 0 saturated carbocycles. The van der Waals surface area contributed by atoms with Gasteiger partial charge in [0, 0.05) is 10.7 Å². The quantitative estimate of drug-likeness (QED) is 0.467.